The molecule has 0 atom stereocenters. The number of anilines is 2. The third kappa shape index (κ3) is 3.30. The molecule has 0 aliphatic carbocycles. The second kappa shape index (κ2) is 6.09. The van der Waals surface area contributed by atoms with E-state index < -0.39 is 0 Å². The van der Waals surface area contributed by atoms with Crippen molar-refractivity contribution in [3.05, 3.63) is 29.7 Å². The highest BCUT2D eigenvalue weighted by atomic mass is 32.1. The van der Waals surface area contributed by atoms with Gasteiger partial charge in [0, 0.05) is 30.4 Å². The van der Waals surface area contributed by atoms with Gasteiger partial charge in [-0.3, -0.25) is 0 Å². The number of imidazole rings is 1. The second-order valence-corrected chi connectivity index (χ2v) is 6.18. The summed E-state index contributed by atoms with van der Waals surface area (Å²) >= 11 is 1.64. The predicted molar refractivity (Wildman–Crippen MR) is 86.5 cm³/mol. The van der Waals surface area contributed by atoms with Crippen LogP contribution in [-0.2, 0) is 6.54 Å². The first-order chi connectivity index (χ1) is 10.2. The van der Waals surface area contributed by atoms with E-state index in [0.29, 0.717) is 5.95 Å². The minimum absolute atomic E-state index is 0.324. The van der Waals surface area contributed by atoms with Gasteiger partial charge in [-0.15, -0.1) is 11.3 Å². The number of aromatic nitrogens is 4. The molecule has 6 nitrogen and oxygen atoms in total. The third-order valence-corrected chi connectivity index (χ3v) is 4.17. The summed E-state index contributed by atoms with van der Waals surface area (Å²) in [7, 11) is 0. The Morgan fingerprint density at radius 3 is 3.05 bits per heavy atom. The molecule has 3 heterocycles. The number of thiophene rings is 1. The average Bonchev–Trinajstić information content (AvgIpc) is 3.06. The highest BCUT2D eigenvalue weighted by Gasteiger charge is 2.08. The van der Waals surface area contributed by atoms with Crippen LogP contribution < -0.4 is 11.1 Å². The highest BCUT2D eigenvalue weighted by molar-refractivity contribution is 7.18. The number of nitrogens with two attached hydrogens (primary N) is 1. The molecular weight excluding hydrogens is 284 g/mol. The number of hydrogen-bond donors (Lipinski definition) is 2. The number of rotatable bonds is 6. The molecule has 21 heavy (non-hydrogen) atoms. The van der Waals surface area contributed by atoms with Crippen molar-refractivity contribution in [1.29, 1.82) is 0 Å². The van der Waals surface area contributed by atoms with Gasteiger partial charge in [0.25, 0.3) is 0 Å². The molecule has 0 unspecified atom stereocenters. The van der Waals surface area contributed by atoms with Crippen LogP contribution in [0.3, 0.4) is 0 Å². The van der Waals surface area contributed by atoms with Gasteiger partial charge in [-0.05, 0) is 25.8 Å². The molecule has 3 aromatic rings. The molecule has 0 amide bonds. The Hall–Kier alpha value is -2.15. The smallest absolute Gasteiger partial charge is 0.223 e. The van der Waals surface area contributed by atoms with Gasteiger partial charge in [0.2, 0.25) is 5.95 Å². The van der Waals surface area contributed by atoms with E-state index in [-0.39, 0.29) is 0 Å². The zero-order valence-electron chi connectivity index (χ0n) is 11.9. The number of nitrogens with one attached hydrogen (secondary N) is 1. The van der Waals surface area contributed by atoms with Crippen molar-refractivity contribution in [1.82, 2.24) is 19.5 Å². The normalized spacial score (nSPS) is 11.1. The maximum atomic E-state index is 5.76. The number of aryl methyl sites for hydroxylation is 2. The van der Waals surface area contributed by atoms with E-state index in [4.69, 9.17) is 5.73 Å². The lowest BCUT2D eigenvalue weighted by molar-refractivity contribution is 0.621. The topological polar surface area (TPSA) is 81.7 Å². The standard InChI is InChI=1S/C14H18N6S/c1-10-8-11-12(18-14(15)19-13(11)21-10)17-4-2-3-6-20-7-5-16-9-20/h5,7-9H,2-4,6H2,1H3,(H3,15,17,18,19). The Morgan fingerprint density at radius 2 is 2.24 bits per heavy atom. The maximum Gasteiger partial charge on any atom is 0.223 e. The van der Waals surface area contributed by atoms with Crippen molar-refractivity contribution in [3.63, 3.8) is 0 Å². The van der Waals surface area contributed by atoms with Crippen LogP contribution in [0.25, 0.3) is 10.2 Å². The van der Waals surface area contributed by atoms with Gasteiger partial charge < -0.3 is 15.6 Å². The van der Waals surface area contributed by atoms with Crippen LogP contribution in [0.5, 0.6) is 0 Å². The first-order valence-electron chi connectivity index (χ1n) is 6.95. The van der Waals surface area contributed by atoms with E-state index in [0.717, 1.165) is 42.0 Å². The molecule has 0 aromatic carbocycles. The van der Waals surface area contributed by atoms with Crippen molar-refractivity contribution in [2.75, 3.05) is 17.6 Å². The lowest BCUT2D eigenvalue weighted by atomic mass is 10.3. The first-order valence-corrected chi connectivity index (χ1v) is 7.77. The van der Waals surface area contributed by atoms with Crippen LogP contribution in [0.4, 0.5) is 11.8 Å². The van der Waals surface area contributed by atoms with Crippen LogP contribution in [0.15, 0.2) is 24.8 Å². The van der Waals surface area contributed by atoms with Crippen LogP contribution in [-0.4, -0.2) is 26.1 Å². The minimum Gasteiger partial charge on any atom is -0.369 e. The van der Waals surface area contributed by atoms with Crippen molar-refractivity contribution in [3.8, 4) is 0 Å². The Balaban J connectivity index is 1.57. The number of fused-ring (bicyclic) bond motifs is 1. The lowest BCUT2D eigenvalue weighted by Crippen LogP contribution is -2.07. The molecule has 0 radical (unpaired) electrons. The van der Waals surface area contributed by atoms with E-state index in [2.05, 4.69) is 37.8 Å². The fraction of sp³-hybridized carbons (Fsp3) is 0.357. The van der Waals surface area contributed by atoms with Gasteiger partial charge in [0.1, 0.15) is 10.6 Å². The van der Waals surface area contributed by atoms with E-state index in [1.807, 2.05) is 12.5 Å². The Bertz CT molecular complexity index is 718. The van der Waals surface area contributed by atoms with E-state index in [9.17, 15) is 0 Å². The summed E-state index contributed by atoms with van der Waals surface area (Å²) in [4.78, 5) is 14.8. The fourth-order valence-corrected chi connectivity index (χ4v) is 3.12. The summed E-state index contributed by atoms with van der Waals surface area (Å²) in [5.74, 6) is 1.16. The highest BCUT2D eigenvalue weighted by Crippen LogP contribution is 2.28. The van der Waals surface area contributed by atoms with Gasteiger partial charge in [0.15, 0.2) is 0 Å². The minimum atomic E-state index is 0.324. The molecule has 0 bridgehead atoms. The van der Waals surface area contributed by atoms with Crippen molar-refractivity contribution in [2.24, 2.45) is 0 Å². The molecule has 110 valence electrons. The van der Waals surface area contributed by atoms with Crippen molar-refractivity contribution < 1.29 is 0 Å². The number of unbranched alkanes of at least 4 members (excludes halogenated alkanes) is 1. The molecule has 0 aliphatic rings. The summed E-state index contributed by atoms with van der Waals surface area (Å²) in [5.41, 5.74) is 5.76. The molecule has 3 rings (SSSR count). The van der Waals surface area contributed by atoms with Gasteiger partial charge in [-0.25, -0.2) is 9.97 Å². The molecule has 3 N–H and O–H groups in total. The van der Waals surface area contributed by atoms with Gasteiger partial charge in [-0.1, -0.05) is 0 Å². The zero-order chi connectivity index (χ0) is 14.7. The fourth-order valence-electron chi connectivity index (χ4n) is 2.24. The maximum absolute atomic E-state index is 5.76. The quantitative estimate of drug-likeness (QED) is 0.684. The van der Waals surface area contributed by atoms with E-state index >= 15 is 0 Å². The number of nitrogens with zero attached hydrogens (tertiary/aromatic N) is 4. The average molecular weight is 302 g/mol. The Kier molecular flexibility index (Phi) is 4.01. The summed E-state index contributed by atoms with van der Waals surface area (Å²) in [6.07, 6.45) is 7.78. The van der Waals surface area contributed by atoms with Crippen LogP contribution in [0.1, 0.15) is 17.7 Å². The van der Waals surface area contributed by atoms with E-state index in [1.54, 1.807) is 17.5 Å². The van der Waals surface area contributed by atoms with E-state index in [1.165, 1.54) is 4.88 Å². The summed E-state index contributed by atoms with van der Waals surface area (Å²) < 4.78 is 2.09. The van der Waals surface area contributed by atoms with Crippen LogP contribution in [0.2, 0.25) is 0 Å². The molecule has 0 spiro atoms. The molecule has 7 heteroatoms. The van der Waals surface area contributed by atoms with Gasteiger partial charge >= 0.3 is 0 Å². The first kappa shape index (κ1) is 13.8. The molecule has 3 aromatic heterocycles. The van der Waals surface area contributed by atoms with Crippen molar-refractivity contribution in [2.45, 2.75) is 26.3 Å². The molecule has 0 saturated heterocycles. The van der Waals surface area contributed by atoms with Gasteiger partial charge in [0.05, 0.1) is 11.7 Å². The van der Waals surface area contributed by atoms with Crippen LogP contribution in [0, 0.1) is 6.92 Å². The molecule has 0 fully saturated rings. The lowest BCUT2D eigenvalue weighted by Gasteiger charge is -2.07. The SMILES string of the molecule is Cc1cc2c(NCCCCn3ccnc3)nc(N)nc2s1. The molecule has 0 saturated carbocycles. The summed E-state index contributed by atoms with van der Waals surface area (Å²) in [6, 6.07) is 2.10. The zero-order valence-corrected chi connectivity index (χ0v) is 12.7. The predicted octanol–water partition coefficient (Wildman–Crippen LogP) is 2.67. The van der Waals surface area contributed by atoms with Gasteiger partial charge in [-0.2, -0.15) is 4.98 Å². The van der Waals surface area contributed by atoms with Crippen molar-refractivity contribution >= 4 is 33.3 Å². The third-order valence-electron chi connectivity index (χ3n) is 3.23. The molecule has 0 aliphatic heterocycles. The number of hydrogen-bond acceptors (Lipinski definition) is 6. The largest absolute Gasteiger partial charge is 0.369 e. The second-order valence-electron chi connectivity index (χ2n) is 4.94. The Morgan fingerprint density at radius 1 is 1.33 bits per heavy atom. The molecular formula is C14H18N6S. The summed E-state index contributed by atoms with van der Waals surface area (Å²) in [5, 5.41) is 4.43. The monoisotopic (exact) mass is 302 g/mol. The summed E-state index contributed by atoms with van der Waals surface area (Å²) in [6.45, 7) is 3.92. The Labute approximate surface area is 127 Å². The number of nitrogen functional groups attached to an aromatic ring is 1. The van der Waals surface area contributed by atoms with Crippen LogP contribution >= 0.6 is 11.3 Å².